The molecule has 7 heteroatoms. The Kier molecular flexibility index (Phi) is 6.98. The summed E-state index contributed by atoms with van der Waals surface area (Å²) in [4.78, 5) is 16.4. The van der Waals surface area contributed by atoms with E-state index in [1.807, 2.05) is 48.7 Å². The van der Waals surface area contributed by atoms with E-state index in [0.29, 0.717) is 51.7 Å². The number of nitrogens with zero attached hydrogens (tertiary/aromatic N) is 1. The fraction of sp³-hybridized carbons (Fsp3) is 0.172. The average molecular weight is 535 g/mol. The average Bonchev–Trinajstić information content (AvgIpc) is 2.88. The monoisotopic (exact) mass is 534 g/mol. The van der Waals surface area contributed by atoms with Gasteiger partial charge in [-0.25, -0.2) is 0 Å². The Bertz CT molecular complexity index is 1390. The number of hydrogen-bond donors (Lipinski definition) is 2. The van der Waals surface area contributed by atoms with Gasteiger partial charge in [0.25, 0.3) is 0 Å². The van der Waals surface area contributed by atoms with E-state index in [1.165, 1.54) is 0 Å². The second-order valence-electron chi connectivity index (χ2n) is 8.78. The highest BCUT2D eigenvalue weighted by molar-refractivity contribution is 7.98. The maximum absolute atomic E-state index is 13.5. The van der Waals surface area contributed by atoms with Crippen molar-refractivity contribution < 1.29 is 9.90 Å². The molecule has 4 nitrogen and oxygen atoms in total. The second-order valence-corrected chi connectivity index (χ2v) is 10.5. The van der Waals surface area contributed by atoms with Crippen molar-refractivity contribution in [3.05, 3.63) is 111 Å². The van der Waals surface area contributed by atoms with Crippen LogP contribution in [0.1, 0.15) is 36.3 Å². The highest BCUT2D eigenvalue weighted by atomic mass is 35.5. The van der Waals surface area contributed by atoms with Crippen molar-refractivity contribution in [2.45, 2.75) is 30.1 Å². The molecule has 0 spiro atoms. The first kappa shape index (κ1) is 24.7. The first-order valence-electron chi connectivity index (χ1n) is 11.6. The minimum atomic E-state index is -0.567. The van der Waals surface area contributed by atoms with Crippen molar-refractivity contribution in [1.82, 2.24) is 0 Å². The van der Waals surface area contributed by atoms with Gasteiger partial charge in [-0.15, -0.1) is 11.8 Å². The minimum absolute atomic E-state index is 0.0254. The molecule has 0 aromatic heterocycles. The first-order chi connectivity index (χ1) is 17.4. The zero-order valence-electron chi connectivity index (χ0n) is 19.6. The summed E-state index contributed by atoms with van der Waals surface area (Å²) in [6.07, 6.45) is 3.76. The summed E-state index contributed by atoms with van der Waals surface area (Å²) in [5.74, 6) is -0.467. The van der Waals surface area contributed by atoms with E-state index >= 15 is 0 Å². The highest BCUT2D eigenvalue weighted by Gasteiger charge is 2.43. The zero-order valence-corrected chi connectivity index (χ0v) is 21.9. The van der Waals surface area contributed by atoms with Gasteiger partial charge in [0, 0.05) is 49.7 Å². The number of anilines is 1. The topological polar surface area (TPSA) is 64.4 Å². The summed E-state index contributed by atoms with van der Waals surface area (Å²) in [6.45, 7) is 0. The van der Waals surface area contributed by atoms with Gasteiger partial charge >= 0.3 is 0 Å². The summed E-state index contributed by atoms with van der Waals surface area (Å²) in [6, 6.07) is 22.3. The number of benzene rings is 3. The number of aliphatic hydroxyl groups is 1. The van der Waals surface area contributed by atoms with Crippen LogP contribution in [0.3, 0.4) is 0 Å². The molecule has 0 amide bonds. The van der Waals surface area contributed by atoms with Crippen LogP contribution in [-0.4, -0.2) is 23.0 Å². The SMILES string of the molecule is CSc1ccc(C2C3=C(CCCC3=O)N(c3cc(Cl)cc(Cl)c3)C(=N)/C2=C(/O)c2ccccc2)cc1. The number of aliphatic hydroxyl groups excluding tert-OH is 1. The predicted molar refractivity (Wildman–Crippen MR) is 150 cm³/mol. The summed E-state index contributed by atoms with van der Waals surface area (Å²) < 4.78 is 0. The molecule has 5 rings (SSSR count). The van der Waals surface area contributed by atoms with Gasteiger partial charge in [0.05, 0.1) is 5.69 Å². The van der Waals surface area contributed by atoms with E-state index in [-0.39, 0.29) is 17.4 Å². The molecule has 182 valence electrons. The van der Waals surface area contributed by atoms with Crippen LogP contribution >= 0.6 is 35.0 Å². The number of nitrogens with one attached hydrogen (secondary N) is 1. The van der Waals surface area contributed by atoms with Gasteiger partial charge < -0.3 is 5.11 Å². The largest absolute Gasteiger partial charge is 0.507 e. The van der Waals surface area contributed by atoms with Crippen LogP contribution in [0.4, 0.5) is 5.69 Å². The number of carbonyl (C=O) groups excluding carboxylic acids is 1. The smallest absolute Gasteiger partial charge is 0.161 e. The number of ketones is 1. The molecule has 3 aromatic rings. The molecule has 0 radical (unpaired) electrons. The van der Waals surface area contributed by atoms with Crippen molar-refractivity contribution in [2.75, 3.05) is 11.2 Å². The molecular formula is C29H24Cl2N2O2S. The Balaban J connectivity index is 1.82. The molecule has 1 heterocycles. The molecule has 1 atom stereocenters. The maximum Gasteiger partial charge on any atom is 0.161 e. The normalized spacial score (nSPS) is 19.4. The lowest BCUT2D eigenvalue weighted by molar-refractivity contribution is -0.116. The lowest BCUT2D eigenvalue weighted by Gasteiger charge is -2.42. The Morgan fingerprint density at radius 1 is 1.00 bits per heavy atom. The molecule has 0 fully saturated rings. The van der Waals surface area contributed by atoms with Gasteiger partial charge in [0.1, 0.15) is 11.6 Å². The van der Waals surface area contributed by atoms with Crippen LogP contribution in [0.2, 0.25) is 10.0 Å². The van der Waals surface area contributed by atoms with Crippen molar-refractivity contribution in [3.8, 4) is 0 Å². The van der Waals surface area contributed by atoms with Crippen LogP contribution in [0.5, 0.6) is 0 Å². The van der Waals surface area contributed by atoms with E-state index in [9.17, 15) is 15.3 Å². The molecule has 1 aliphatic heterocycles. The van der Waals surface area contributed by atoms with Gasteiger partial charge in [0.15, 0.2) is 5.78 Å². The first-order valence-corrected chi connectivity index (χ1v) is 13.6. The molecule has 36 heavy (non-hydrogen) atoms. The number of halogens is 2. The van der Waals surface area contributed by atoms with E-state index in [4.69, 9.17) is 23.2 Å². The Hall–Kier alpha value is -2.99. The highest BCUT2D eigenvalue weighted by Crippen LogP contribution is 2.48. The Labute approximate surface area is 224 Å². The molecule has 0 saturated heterocycles. The van der Waals surface area contributed by atoms with Crippen LogP contribution < -0.4 is 4.90 Å². The fourth-order valence-corrected chi connectivity index (χ4v) is 5.95. The molecule has 2 aliphatic rings. The summed E-state index contributed by atoms with van der Waals surface area (Å²) in [7, 11) is 0. The Morgan fingerprint density at radius 2 is 1.67 bits per heavy atom. The number of hydrogen-bond acceptors (Lipinski definition) is 4. The minimum Gasteiger partial charge on any atom is -0.507 e. The van der Waals surface area contributed by atoms with Gasteiger partial charge in [0.2, 0.25) is 0 Å². The van der Waals surface area contributed by atoms with E-state index < -0.39 is 5.92 Å². The van der Waals surface area contributed by atoms with Gasteiger partial charge in [-0.05, 0) is 55.0 Å². The van der Waals surface area contributed by atoms with Crippen LogP contribution in [0.25, 0.3) is 5.76 Å². The lowest BCUT2D eigenvalue weighted by Crippen LogP contribution is -2.42. The third-order valence-electron chi connectivity index (χ3n) is 6.61. The van der Waals surface area contributed by atoms with Gasteiger partial charge in [-0.2, -0.15) is 0 Å². The molecule has 1 unspecified atom stereocenters. The maximum atomic E-state index is 13.5. The second kappa shape index (κ2) is 10.2. The molecular weight excluding hydrogens is 511 g/mol. The van der Waals surface area contributed by atoms with E-state index in [1.54, 1.807) is 47.0 Å². The number of thioether (sulfide) groups is 1. The Morgan fingerprint density at radius 3 is 2.31 bits per heavy atom. The summed E-state index contributed by atoms with van der Waals surface area (Å²) in [5, 5.41) is 21.9. The van der Waals surface area contributed by atoms with E-state index in [2.05, 4.69) is 0 Å². The van der Waals surface area contributed by atoms with Crippen molar-refractivity contribution in [2.24, 2.45) is 0 Å². The zero-order chi connectivity index (χ0) is 25.4. The van der Waals surface area contributed by atoms with Crippen molar-refractivity contribution in [1.29, 1.82) is 5.41 Å². The third-order valence-corrected chi connectivity index (χ3v) is 7.79. The summed E-state index contributed by atoms with van der Waals surface area (Å²) >= 11 is 14.3. The molecule has 2 N–H and O–H groups in total. The van der Waals surface area contributed by atoms with Crippen LogP contribution in [0.15, 0.2) is 94.5 Å². The van der Waals surface area contributed by atoms with Crippen LogP contribution in [-0.2, 0) is 4.79 Å². The van der Waals surface area contributed by atoms with Crippen molar-refractivity contribution >= 4 is 58.0 Å². The predicted octanol–water partition coefficient (Wildman–Crippen LogP) is 8.27. The summed E-state index contributed by atoms with van der Waals surface area (Å²) in [5.41, 5.74) is 3.79. The standard InChI is InChI=1S/C29H24Cl2N2O2S/c1-36-22-12-10-17(11-13-22)25-26-23(8-5-9-24(26)34)33(21-15-19(30)14-20(31)16-21)29(32)27(25)28(35)18-6-3-2-4-7-18/h2-4,6-7,10-16,25,32,35H,5,8-9H2,1H3/b28-27+,32-29?. The molecule has 0 bridgehead atoms. The number of amidine groups is 1. The number of allylic oxidation sites excluding steroid dienone is 2. The molecule has 1 aliphatic carbocycles. The number of carbonyl (C=O) groups is 1. The third kappa shape index (κ3) is 4.47. The van der Waals surface area contributed by atoms with Gasteiger partial charge in [-0.3, -0.25) is 15.1 Å². The lowest BCUT2D eigenvalue weighted by atomic mass is 9.73. The number of Topliss-reactive ketones (excluding diaryl/α,β-unsaturated/α-hetero) is 1. The quantitative estimate of drug-likeness (QED) is 0.261. The van der Waals surface area contributed by atoms with Gasteiger partial charge in [-0.1, -0.05) is 65.7 Å². The van der Waals surface area contributed by atoms with E-state index in [0.717, 1.165) is 16.2 Å². The number of rotatable bonds is 4. The fourth-order valence-electron chi connectivity index (χ4n) is 5.03. The van der Waals surface area contributed by atoms with Crippen LogP contribution in [0, 0.1) is 5.41 Å². The molecule has 3 aromatic carbocycles. The van der Waals surface area contributed by atoms with Crippen molar-refractivity contribution in [3.63, 3.8) is 0 Å². The molecule has 0 saturated carbocycles.